The van der Waals surface area contributed by atoms with Crippen LogP contribution in [0.5, 0.6) is 0 Å². The number of aryl methyl sites for hydroxylation is 1. The summed E-state index contributed by atoms with van der Waals surface area (Å²) in [5, 5.41) is 10.0. The van der Waals surface area contributed by atoms with Crippen molar-refractivity contribution in [1.29, 1.82) is 0 Å². The van der Waals surface area contributed by atoms with Gasteiger partial charge in [-0.05, 0) is 30.0 Å². The van der Waals surface area contributed by atoms with Crippen LogP contribution in [-0.2, 0) is 6.42 Å². The van der Waals surface area contributed by atoms with E-state index < -0.39 is 12.5 Å². The van der Waals surface area contributed by atoms with Gasteiger partial charge in [0.2, 0.25) is 0 Å². The molecule has 0 heterocycles. The molecule has 1 unspecified atom stereocenters. The van der Waals surface area contributed by atoms with Gasteiger partial charge in [0.05, 0.1) is 6.10 Å². The molecule has 0 aromatic heterocycles. The molecule has 2 rings (SSSR count). The third-order valence-corrected chi connectivity index (χ3v) is 3.10. The van der Waals surface area contributed by atoms with E-state index in [1.165, 1.54) is 12.1 Å². The molecule has 0 aliphatic heterocycles. The van der Waals surface area contributed by atoms with Gasteiger partial charge in [-0.3, -0.25) is 0 Å². The van der Waals surface area contributed by atoms with Crippen molar-refractivity contribution >= 4 is 0 Å². The van der Waals surface area contributed by atoms with Gasteiger partial charge in [0.25, 0.3) is 6.43 Å². The van der Waals surface area contributed by atoms with Crippen LogP contribution in [0.2, 0.25) is 0 Å². The van der Waals surface area contributed by atoms with Crippen molar-refractivity contribution in [2.24, 2.45) is 0 Å². The van der Waals surface area contributed by atoms with Crippen LogP contribution < -0.4 is 0 Å². The van der Waals surface area contributed by atoms with Gasteiger partial charge in [0, 0.05) is 5.56 Å². The van der Waals surface area contributed by atoms with Crippen LogP contribution in [0.4, 0.5) is 8.78 Å². The van der Waals surface area contributed by atoms with Gasteiger partial charge >= 0.3 is 0 Å². The van der Waals surface area contributed by atoms with Gasteiger partial charge in [0.1, 0.15) is 0 Å². The predicted molar refractivity (Wildman–Crippen MR) is 71.1 cm³/mol. The fourth-order valence-electron chi connectivity index (χ4n) is 2.02. The highest BCUT2D eigenvalue weighted by molar-refractivity contribution is 5.26. The smallest absolute Gasteiger partial charge is 0.263 e. The SMILES string of the molecule is OC(CCc1ccccc1)c1cccc(C(F)F)c1. The highest BCUT2D eigenvalue weighted by atomic mass is 19.3. The minimum Gasteiger partial charge on any atom is -0.388 e. The van der Waals surface area contributed by atoms with E-state index in [-0.39, 0.29) is 5.56 Å². The molecule has 2 aromatic rings. The van der Waals surface area contributed by atoms with Crippen LogP contribution in [0.25, 0.3) is 0 Å². The Bertz CT molecular complexity index is 511. The predicted octanol–water partition coefficient (Wildman–Crippen LogP) is 4.29. The molecule has 0 aliphatic rings. The summed E-state index contributed by atoms with van der Waals surface area (Å²) in [7, 11) is 0. The second-order valence-electron chi connectivity index (χ2n) is 4.51. The van der Waals surface area contributed by atoms with Gasteiger partial charge in [0.15, 0.2) is 0 Å². The first-order chi connectivity index (χ1) is 9.16. The van der Waals surface area contributed by atoms with Crippen LogP contribution in [0.1, 0.15) is 35.6 Å². The maximum atomic E-state index is 12.6. The fraction of sp³-hybridized carbons (Fsp3) is 0.250. The zero-order valence-electron chi connectivity index (χ0n) is 10.5. The Morgan fingerprint density at radius 3 is 2.26 bits per heavy atom. The third-order valence-electron chi connectivity index (χ3n) is 3.10. The van der Waals surface area contributed by atoms with Crippen LogP contribution in [0, 0.1) is 0 Å². The molecule has 100 valence electrons. The Morgan fingerprint density at radius 2 is 1.58 bits per heavy atom. The van der Waals surface area contributed by atoms with Crippen molar-refractivity contribution in [3.05, 3.63) is 71.3 Å². The Kier molecular flexibility index (Phi) is 4.63. The number of aliphatic hydroxyl groups is 1. The number of hydrogen-bond acceptors (Lipinski definition) is 1. The van der Waals surface area contributed by atoms with E-state index in [1.54, 1.807) is 12.1 Å². The van der Waals surface area contributed by atoms with Crippen molar-refractivity contribution in [2.75, 3.05) is 0 Å². The van der Waals surface area contributed by atoms with Crippen LogP contribution in [0.3, 0.4) is 0 Å². The zero-order valence-corrected chi connectivity index (χ0v) is 10.5. The number of aliphatic hydroxyl groups excluding tert-OH is 1. The van der Waals surface area contributed by atoms with Crippen molar-refractivity contribution in [3.63, 3.8) is 0 Å². The molecule has 0 aliphatic carbocycles. The van der Waals surface area contributed by atoms with Crippen LogP contribution in [0.15, 0.2) is 54.6 Å². The second kappa shape index (κ2) is 6.43. The molecular weight excluding hydrogens is 246 g/mol. The fourth-order valence-corrected chi connectivity index (χ4v) is 2.02. The molecular formula is C16H16F2O. The van der Waals surface area contributed by atoms with Gasteiger partial charge in [-0.2, -0.15) is 0 Å². The van der Waals surface area contributed by atoms with Crippen molar-refractivity contribution in [3.8, 4) is 0 Å². The third kappa shape index (κ3) is 3.86. The number of alkyl halides is 2. The highest BCUT2D eigenvalue weighted by Gasteiger charge is 2.12. The zero-order chi connectivity index (χ0) is 13.7. The monoisotopic (exact) mass is 262 g/mol. The normalized spacial score (nSPS) is 12.6. The molecule has 0 saturated heterocycles. The molecule has 1 N–H and O–H groups in total. The summed E-state index contributed by atoms with van der Waals surface area (Å²) >= 11 is 0. The molecule has 2 aromatic carbocycles. The van der Waals surface area contributed by atoms with E-state index in [1.807, 2.05) is 30.3 Å². The molecule has 0 radical (unpaired) electrons. The minimum atomic E-state index is -2.50. The standard InChI is InChI=1S/C16H16F2O/c17-16(18)14-8-4-7-13(11-14)15(19)10-9-12-5-2-1-3-6-12/h1-8,11,15-16,19H,9-10H2. The molecule has 0 saturated carbocycles. The van der Waals surface area contributed by atoms with Crippen molar-refractivity contribution < 1.29 is 13.9 Å². The molecule has 0 bridgehead atoms. The largest absolute Gasteiger partial charge is 0.388 e. The number of rotatable bonds is 5. The van der Waals surface area contributed by atoms with Gasteiger partial charge in [-0.15, -0.1) is 0 Å². The summed E-state index contributed by atoms with van der Waals surface area (Å²) in [6.07, 6.45) is -1.96. The number of benzene rings is 2. The van der Waals surface area contributed by atoms with E-state index in [0.717, 1.165) is 12.0 Å². The van der Waals surface area contributed by atoms with E-state index in [9.17, 15) is 13.9 Å². The second-order valence-corrected chi connectivity index (χ2v) is 4.51. The summed E-state index contributed by atoms with van der Waals surface area (Å²) in [4.78, 5) is 0. The quantitative estimate of drug-likeness (QED) is 0.852. The number of hydrogen-bond donors (Lipinski definition) is 1. The molecule has 0 spiro atoms. The lowest BCUT2D eigenvalue weighted by Gasteiger charge is -2.12. The summed E-state index contributed by atoms with van der Waals surface area (Å²) in [6.45, 7) is 0. The average molecular weight is 262 g/mol. The summed E-state index contributed by atoms with van der Waals surface area (Å²) in [5.41, 5.74) is 1.64. The Labute approximate surface area is 111 Å². The van der Waals surface area contributed by atoms with E-state index in [0.29, 0.717) is 12.0 Å². The lowest BCUT2D eigenvalue weighted by atomic mass is 10.00. The minimum absolute atomic E-state index is 0.0451. The topological polar surface area (TPSA) is 20.2 Å². The van der Waals surface area contributed by atoms with Crippen molar-refractivity contribution in [1.82, 2.24) is 0 Å². The summed E-state index contributed by atoms with van der Waals surface area (Å²) < 4.78 is 25.2. The average Bonchev–Trinajstić information content (AvgIpc) is 2.46. The molecule has 19 heavy (non-hydrogen) atoms. The summed E-state index contributed by atoms with van der Waals surface area (Å²) in [5.74, 6) is 0. The van der Waals surface area contributed by atoms with E-state index in [4.69, 9.17) is 0 Å². The first-order valence-corrected chi connectivity index (χ1v) is 6.27. The maximum absolute atomic E-state index is 12.6. The molecule has 1 nitrogen and oxygen atoms in total. The highest BCUT2D eigenvalue weighted by Crippen LogP contribution is 2.24. The maximum Gasteiger partial charge on any atom is 0.263 e. The van der Waals surface area contributed by atoms with E-state index in [2.05, 4.69) is 0 Å². The Morgan fingerprint density at radius 1 is 0.895 bits per heavy atom. The Balaban J connectivity index is 2.00. The molecule has 0 fully saturated rings. The van der Waals surface area contributed by atoms with E-state index >= 15 is 0 Å². The van der Waals surface area contributed by atoms with Crippen LogP contribution >= 0.6 is 0 Å². The van der Waals surface area contributed by atoms with Crippen LogP contribution in [-0.4, -0.2) is 5.11 Å². The first kappa shape index (κ1) is 13.7. The molecule has 3 heteroatoms. The van der Waals surface area contributed by atoms with Crippen molar-refractivity contribution in [2.45, 2.75) is 25.4 Å². The first-order valence-electron chi connectivity index (χ1n) is 6.27. The lowest BCUT2D eigenvalue weighted by molar-refractivity contribution is 0.149. The molecule has 1 atom stereocenters. The van der Waals surface area contributed by atoms with Gasteiger partial charge < -0.3 is 5.11 Å². The molecule has 0 amide bonds. The lowest BCUT2D eigenvalue weighted by Crippen LogP contribution is -2.00. The number of halogens is 2. The Hall–Kier alpha value is -1.74. The van der Waals surface area contributed by atoms with Gasteiger partial charge in [-0.25, -0.2) is 8.78 Å². The summed E-state index contributed by atoms with van der Waals surface area (Å²) in [6, 6.07) is 15.8. The van der Waals surface area contributed by atoms with Gasteiger partial charge in [-0.1, -0.05) is 48.5 Å².